The zero-order valence-electron chi connectivity index (χ0n) is 3.93. The van der Waals surface area contributed by atoms with Crippen LogP contribution < -0.4 is 0 Å². The molecule has 0 fully saturated rings. The van der Waals surface area contributed by atoms with Crippen LogP contribution >= 0.6 is 0 Å². The van der Waals surface area contributed by atoms with Crippen molar-refractivity contribution in [3.63, 3.8) is 0 Å². The lowest BCUT2D eigenvalue weighted by Gasteiger charge is -1.80. The van der Waals surface area contributed by atoms with Crippen LogP contribution in [0.4, 0.5) is 4.70 Å². The third-order valence-corrected chi connectivity index (χ3v) is 0. The Hall–Kier alpha value is -0.150. The van der Waals surface area contributed by atoms with Gasteiger partial charge in [0.15, 0.2) is 0 Å². The topological polar surface area (TPSA) is 51.7 Å². The van der Waals surface area contributed by atoms with Crippen molar-refractivity contribution >= 4 is 0 Å². The number of hydrogen-bond acceptors (Lipinski definition) is 1. The van der Waals surface area contributed by atoms with Crippen LogP contribution in [0.1, 0.15) is 13.8 Å². The third kappa shape index (κ3) is 1390. The van der Waals surface area contributed by atoms with E-state index in [0.29, 0.717) is 0 Å². The Kier molecular flexibility index (Phi) is 25.0. The van der Waals surface area contributed by atoms with Crippen LogP contribution in [0.5, 0.6) is 0 Å². The molecule has 0 aliphatic heterocycles. The van der Waals surface area contributed by atoms with Crippen molar-refractivity contribution in [1.82, 2.24) is 0 Å². The van der Waals surface area contributed by atoms with Crippen LogP contribution in [-0.2, 0) is 0 Å². The monoisotopic (exact) mass is 98.1 g/mol. The minimum Gasteiger partial charge on any atom is -0.412 e. The summed E-state index contributed by atoms with van der Waals surface area (Å²) in [6.45, 7) is 3.44. The number of aliphatic hydroxyl groups excluding tert-OH is 1. The molecular weight excluding hydrogens is 87.0 g/mol. The molecule has 42 valence electrons. The van der Waals surface area contributed by atoms with Crippen molar-refractivity contribution in [2.45, 2.75) is 20.0 Å². The second kappa shape index (κ2) is 8.85. The second-order valence-electron chi connectivity index (χ2n) is 1.09. The van der Waals surface area contributed by atoms with Crippen molar-refractivity contribution in [2.24, 2.45) is 0 Å². The minimum atomic E-state index is -0.167. The van der Waals surface area contributed by atoms with Gasteiger partial charge in [0.2, 0.25) is 0 Å². The SMILES string of the molecule is CC(C)O.F.O. The second-order valence-corrected chi connectivity index (χ2v) is 1.09. The minimum absolute atomic E-state index is 0. The quantitative estimate of drug-likeness (QED) is 0.445. The highest BCUT2D eigenvalue weighted by atomic mass is 19.0. The molecule has 0 rings (SSSR count). The molecule has 2 nitrogen and oxygen atoms in total. The van der Waals surface area contributed by atoms with Gasteiger partial charge in [-0.05, 0) is 13.8 Å². The Morgan fingerprint density at radius 3 is 1.33 bits per heavy atom. The summed E-state index contributed by atoms with van der Waals surface area (Å²) in [6, 6.07) is 0. The molecule has 0 saturated heterocycles. The van der Waals surface area contributed by atoms with Gasteiger partial charge in [-0.15, -0.1) is 0 Å². The zero-order valence-corrected chi connectivity index (χ0v) is 3.93. The summed E-state index contributed by atoms with van der Waals surface area (Å²) in [4.78, 5) is 0. The maximum Gasteiger partial charge on any atom is 0.0483 e. The Morgan fingerprint density at radius 2 is 1.33 bits per heavy atom. The van der Waals surface area contributed by atoms with Gasteiger partial charge in [0.1, 0.15) is 0 Å². The molecule has 0 saturated carbocycles. The highest BCUT2D eigenvalue weighted by molar-refractivity contribution is 4.20. The Bertz CT molecular complexity index is 13.5. The first-order valence-corrected chi connectivity index (χ1v) is 1.41. The summed E-state index contributed by atoms with van der Waals surface area (Å²) in [5.74, 6) is 0. The van der Waals surface area contributed by atoms with Gasteiger partial charge in [0.25, 0.3) is 0 Å². The number of rotatable bonds is 0. The van der Waals surface area contributed by atoms with Crippen molar-refractivity contribution in [1.29, 1.82) is 0 Å². The molecule has 0 amide bonds. The molecule has 0 unspecified atom stereocenters. The van der Waals surface area contributed by atoms with Crippen LogP contribution in [-0.4, -0.2) is 16.7 Å². The average molecular weight is 98.1 g/mol. The normalized spacial score (nSPS) is 6.00. The Morgan fingerprint density at radius 1 is 1.33 bits per heavy atom. The van der Waals surface area contributed by atoms with Gasteiger partial charge in [-0.25, -0.2) is 0 Å². The number of aliphatic hydroxyl groups is 1. The highest BCUT2D eigenvalue weighted by Gasteiger charge is 1.69. The van der Waals surface area contributed by atoms with Crippen LogP contribution in [0.2, 0.25) is 0 Å². The summed E-state index contributed by atoms with van der Waals surface area (Å²) < 4.78 is 0. The van der Waals surface area contributed by atoms with Crippen molar-refractivity contribution < 1.29 is 15.3 Å². The molecule has 0 heterocycles. The molecule has 3 N–H and O–H groups in total. The van der Waals surface area contributed by atoms with Gasteiger partial charge in [-0.3, -0.25) is 4.70 Å². The van der Waals surface area contributed by atoms with E-state index in [0.717, 1.165) is 0 Å². The van der Waals surface area contributed by atoms with E-state index in [1.165, 1.54) is 0 Å². The molecule has 0 aliphatic rings. The van der Waals surface area contributed by atoms with E-state index in [2.05, 4.69) is 0 Å². The largest absolute Gasteiger partial charge is 0.412 e. The lowest BCUT2D eigenvalue weighted by molar-refractivity contribution is 0.216. The zero-order chi connectivity index (χ0) is 3.58. The lowest BCUT2D eigenvalue weighted by Crippen LogP contribution is -1.85. The van der Waals surface area contributed by atoms with E-state index in [-0.39, 0.29) is 16.3 Å². The van der Waals surface area contributed by atoms with Gasteiger partial charge < -0.3 is 10.6 Å². The Labute approximate surface area is 36.5 Å². The summed E-state index contributed by atoms with van der Waals surface area (Å²) in [6.07, 6.45) is -0.167. The third-order valence-electron chi connectivity index (χ3n) is 0. The Balaban J connectivity index is -0.0000000450. The standard InChI is InChI=1S/C3H8O.FH.H2O/c1-3(2)4;;/h3-4H,1-2H3;1H;1H2. The van der Waals surface area contributed by atoms with Gasteiger partial charge in [0.05, 0.1) is 0 Å². The first kappa shape index (κ1) is 16.9. The predicted molar refractivity (Wildman–Crippen MR) is 23.5 cm³/mol. The summed E-state index contributed by atoms with van der Waals surface area (Å²) in [5, 5.41) is 8.06. The number of halogens is 1. The lowest BCUT2D eigenvalue weighted by atomic mass is 10.5. The molecule has 0 bridgehead atoms. The fourth-order valence-corrected chi connectivity index (χ4v) is 0. The van der Waals surface area contributed by atoms with Crippen LogP contribution in [0.25, 0.3) is 0 Å². The van der Waals surface area contributed by atoms with E-state index < -0.39 is 0 Å². The average Bonchev–Trinajstić information content (AvgIpc) is 0.811. The maximum absolute atomic E-state index is 8.06. The number of hydrogen-bond donors (Lipinski definition) is 1. The molecule has 0 aromatic rings. The van der Waals surface area contributed by atoms with Crippen molar-refractivity contribution in [3.8, 4) is 0 Å². The fourth-order valence-electron chi connectivity index (χ4n) is 0. The molecule has 3 heteroatoms. The molecule has 0 aliphatic carbocycles. The summed E-state index contributed by atoms with van der Waals surface area (Å²) in [5.41, 5.74) is 0. The van der Waals surface area contributed by atoms with E-state index in [9.17, 15) is 0 Å². The van der Waals surface area contributed by atoms with Crippen LogP contribution in [0.3, 0.4) is 0 Å². The van der Waals surface area contributed by atoms with E-state index in [1.54, 1.807) is 13.8 Å². The van der Waals surface area contributed by atoms with Gasteiger partial charge in [0, 0.05) is 6.10 Å². The summed E-state index contributed by atoms with van der Waals surface area (Å²) >= 11 is 0. The van der Waals surface area contributed by atoms with Gasteiger partial charge >= 0.3 is 0 Å². The summed E-state index contributed by atoms with van der Waals surface area (Å²) in [7, 11) is 0. The fraction of sp³-hybridized carbons (Fsp3) is 1.00. The molecule has 6 heavy (non-hydrogen) atoms. The van der Waals surface area contributed by atoms with Crippen molar-refractivity contribution in [2.75, 3.05) is 0 Å². The highest BCUT2D eigenvalue weighted by Crippen LogP contribution is 1.65. The molecule has 0 aromatic heterocycles. The molecule has 0 aromatic carbocycles. The van der Waals surface area contributed by atoms with Crippen molar-refractivity contribution in [3.05, 3.63) is 0 Å². The van der Waals surface area contributed by atoms with E-state index in [1.807, 2.05) is 0 Å². The van der Waals surface area contributed by atoms with Gasteiger partial charge in [-0.2, -0.15) is 0 Å². The molecule has 0 atom stereocenters. The first-order valence-electron chi connectivity index (χ1n) is 1.41. The smallest absolute Gasteiger partial charge is 0.0483 e. The van der Waals surface area contributed by atoms with Gasteiger partial charge in [-0.1, -0.05) is 0 Å². The molecule has 0 spiro atoms. The maximum atomic E-state index is 8.06. The molecular formula is C3H11FO2. The predicted octanol–water partition coefficient (Wildman–Crippen LogP) is -0.285. The molecule has 0 radical (unpaired) electrons. The van der Waals surface area contributed by atoms with E-state index in [4.69, 9.17) is 5.11 Å². The van der Waals surface area contributed by atoms with Crippen LogP contribution in [0, 0.1) is 0 Å². The first-order chi connectivity index (χ1) is 1.73. The van der Waals surface area contributed by atoms with E-state index >= 15 is 0 Å². The van der Waals surface area contributed by atoms with Crippen LogP contribution in [0.15, 0.2) is 0 Å².